The number of hydrogen-bond donors (Lipinski definition) is 2. The van der Waals surface area contributed by atoms with Crippen LogP contribution in [0.2, 0.25) is 0 Å². The van der Waals surface area contributed by atoms with Gasteiger partial charge in [0, 0.05) is 51.8 Å². The number of ether oxygens (including phenoxy) is 1. The van der Waals surface area contributed by atoms with E-state index in [1.165, 1.54) is 11.1 Å². The molecule has 0 saturated carbocycles. The van der Waals surface area contributed by atoms with Crippen molar-refractivity contribution in [1.82, 2.24) is 20.0 Å². The topological polar surface area (TPSA) is 108 Å². The highest BCUT2D eigenvalue weighted by Crippen LogP contribution is 2.30. The van der Waals surface area contributed by atoms with Gasteiger partial charge in [-0.05, 0) is 89.8 Å². The van der Waals surface area contributed by atoms with Crippen LogP contribution in [-0.4, -0.2) is 103 Å². The van der Waals surface area contributed by atoms with Crippen molar-refractivity contribution in [3.05, 3.63) is 35.4 Å². The number of nitrogens with two attached hydrogens (primary N) is 1. The minimum absolute atomic E-state index is 0.0282. The van der Waals surface area contributed by atoms with Crippen molar-refractivity contribution in [3.63, 3.8) is 0 Å². The van der Waals surface area contributed by atoms with Crippen LogP contribution in [0.3, 0.4) is 0 Å². The highest BCUT2D eigenvalue weighted by molar-refractivity contribution is 5.85. The van der Waals surface area contributed by atoms with Gasteiger partial charge in [0.25, 0.3) is 0 Å². The first kappa shape index (κ1) is 41.7. The maximum absolute atomic E-state index is 13.9. The number of amides is 3. The molecule has 1 aliphatic rings. The predicted octanol–water partition coefficient (Wildman–Crippen LogP) is 5.42. The summed E-state index contributed by atoms with van der Waals surface area (Å²) in [6.07, 6.45) is 5.29. The number of carbonyl (C=O) groups is 3. The summed E-state index contributed by atoms with van der Waals surface area (Å²) in [7, 11) is 5.65. The van der Waals surface area contributed by atoms with Crippen LogP contribution in [0, 0.1) is 24.7 Å². The van der Waals surface area contributed by atoms with Crippen molar-refractivity contribution in [1.29, 1.82) is 0 Å². The number of carbonyl (C=O) groups excluding carboxylic acids is 3. The number of likely N-dealkylation sites (tertiary alicyclic amines) is 1. The molecular formula is C39H69N5O4. The van der Waals surface area contributed by atoms with Gasteiger partial charge in [-0.2, -0.15) is 0 Å². The Morgan fingerprint density at radius 3 is 2.31 bits per heavy atom. The van der Waals surface area contributed by atoms with Crippen molar-refractivity contribution in [2.24, 2.45) is 23.5 Å². The van der Waals surface area contributed by atoms with Gasteiger partial charge in [0.2, 0.25) is 17.7 Å². The molecule has 1 saturated heterocycles. The molecule has 1 fully saturated rings. The molecule has 6 unspecified atom stereocenters. The number of methoxy groups -OCH3 is 1. The molecule has 3 amide bonds. The largest absolute Gasteiger partial charge is 0.378 e. The Morgan fingerprint density at radius 2 is 1.75 bits per heavy atom. The number of nitrogens with zero attached hydrogens (tertiary/aromatic N) is 3. The van der Waals surface area contributed by atoms with Gasteiger partial charge in [0.15, 0.2) is 0 Å². The highest BCUT2D eigenvalue weighted by Gasteiger charge is 2.41. The fourth-order valence-electron chi connectivity index (χ4n) is 7.87. The van der Waals surface area contributed by atoms with E-state index in [9.17, 15) is 14.4 Å². The van der Waals surface area contributed by atoms with E-state index in [-0.39, 0.29) is 59.8 Å². The molecule has 2 rings (SSSR count). The zero-order valence-corrected chi connectivity index (χ0v) is 32.3. The molecule has 3 N–H and O–H groups in total. The fourth-order valence-corrected chi connectivity index (χ4v) is 7.87. The molecule has 48 heavy (non-hydrogen) atoms. The molecule has 1 aromatic carbocycles. The zero-order chi connectivity index (χ0) is 36.3. The Labute approximate surface area is 292 Å². The van der Waals surface area contributed by atoms with E-state index in [0.29, 0.717) is 25.4 Å². The summed E-state index contributed by atoms with van der Waals surface area (Å²) in [4.78, 5) is 46.5. The molecule has 0 radical (unpaired) electrons. The van der Waals surface area contributed by atoms with Crippen LogP contribution >= 0.6 is 0 Å². The molecule has 0 spiro atoms. The maximum Gasteiger partial charge on any atom is 0.242 e. The van der Waals surface area contributed by atoms with Gasteiger partial charge in [0.05, 0.1) is 23.6 Å². The van der Waals surface area contributed by atoms with Crippen LogP contribution < -0.4 is 11.1 Å². The van der Waals surface area contributed by atoms with Crippen molar-refractivity contribution in [2.45, 2.75) is 143 Å². The van der Waals surface area contributed by atoms with E-state index in [4.69, 9.17) is 10.5 Å². The molecule has 1 heterocycles. The van der Waals surface area contributed by atoms with Gasteiger partial charge >= 0.3 is 0 Å². The van der Waals surface area contributed by atoms with E-state index in [2.05, 4.69) is 77.0 Å². The second kappa shape index (κ2) is 19.0. The number of nitrogens with one attached hydrogen (secondary N) is 1. The van der Waals surface area contributed by atoms with Crippen molar-refractivity contribution in [3.8, 4) is 0 Å². The maximum atomic E-state index is 13.9. The molecule has 0 aliphatic carbocycles. The Kier molecular flexibility index (Phi) is 16.5. The molecule has 0 bridgehead atoms. The van der Waals surface area contributed by atoms with E-state index >= 15 is 0 Å². The lowest BCUT2D eigenvalue weighted by Crippen LogP contribution is -2.60. The lowest BCUT2D eigenvalue weighted by atomic mass is 9.88. The van der Waals surface area contributed by atoms with Crippen LogP contribution in [-0.2, 0) is 25.5 Å². The molecule has 1 aromatic rings. The first-order valence-corrected chi connectivity index (χ1v) is 18.4. The highest BCUT2D eigenvalue weighted by atomic mass is 16.5. The third kappa shape index (κ3) is 11.0. The average molecular weight is 672 g/mol. The minimum Gasteiger partial charge on any atom is -0.378 e. The molecule has 7 atom stereocenters. The van der Waals surface area contributed by atoms with Gasteiger partial charge in [-0.25, -0.2) is 0 Å². The summed E-state index contributed by atoms with van der Waals surface area (Å²) in [5.74, 6) is 0.228. The summed E-state index contributed by atoms with van der Waals surface area (Å²) >= 11 is 0. The van der Waals surface area contributed by atoms with Crippen LogP contribution in [0.1, 0.15) is 105 Å². The monoisotopic (exact) mass is 672 g/mol. The summed E-state index contributed by atoms with van der Waals surface area (Å²) in [5, 5.41) is 3.12. The van der Waals surface area contributed by atoms with E-state index in [1.807, 2.05) is 29.8 Å². The third-order valence-corrected chi connectivity index (χ3v) is 11.0. The van der Waals surface area contributed by atoms with Crippen LogP contribution in [0.4, 0.5) is 0 Å². The van der Waals surface area contributed by atoms with Crippen LogP contribution in [0.15, 0.2) is 24.3 Å². The first-order chi connectivity index (χ1) is 22.5. The number of aryl methyl sites for hydroxylation is 2. The predicted molar refractivity (Wildman–Crippen MR) is 197 cm³/mol. The zero-order valence-electron chi connectivity index (χ0n) is 32.3. The summed E-state index contributed by atoms with van der Waals surface area (Å²) in [6, 6.07) is 8.42. The van der Waals surface area contributed by atoms with Crippen molar-refractivity contribution >= 4 is 17.7 Å². The molecule has 9 heteroatoms. The van der Waals surface area contributed by atoms with Gasteiger partial charge < -0.3 is 25.6 Å². The molecular weight excluding hydrogens is 602 g/mol. The van der Waals surface area contributed by atoms with E-state index < -0.39 is 5.54 Å². The summed E-state index contributed by atoms with van der Waals surface area (Å²) in [6.45, 7) is 19.8. The molecule has 9 nitrogen and oxygen atoms in total. The van der Waals surface area contributed by atoms with Gasteiger partial charge in [0.1, 0.15) is 0 Å². The molecule has 274 valence electrons. The lowest BCUT2D eigenvalue weighted by molar-refractivity contribution is -0.140. The number of benzene rings is 1. The van der Waals surface area contributed by atoms with E-state index in [0.717, 1.165) is 38.5 Å². The average Bonchev–Trinajstić information content (AvgIpc) is 3.52. The van der Waals surface area contributed by atoms with Crippen molar-refractivity contribution < 1.29 is 19.1 Å². The standard InChI is InChI=1S/C39H69N5O4/c1-13-27(4)32(42(10)30(7)35(26(2)3)43(11)38(47)39(8,9)40)22-23-34(45)44-25-17-21-33(44)36(48-12)29(6)37(46)41-24-16-20-31-19-15-14-18-28(31)5/h14-15,18-19,26-27,29-30,32-33,35-36H,13,16-17,20-25,40H2,1-12H3,(H,41,46)/t27?,29?,30-,32?,33?,35?,36?/m1/s1. The lowest BCUT2D eigenvalue weighted by Gasteiger charge is -2.45. The Bertz CT molecular complexity index is 1170. The normalized spacial score (nSPS) is 19.1. The smallest absolute Gasteiger partial charge is 0.242 e. The quantitative estimate of drug-likeness (QED) is 0.190. The molecule has 1 aliphatic heterocycles. The minimum atomic E-state index is -0.950. The molecule has 0 aromatic heterocycles. The number of likely N-dealkylation sites (N-methyl/N-ethyl adjacent to an activating group) is 2. The first-order valence-electron chi connectivity index (χ1n) is 18.4. The SMILES string of the molecule is CCC(C)C(CCC(=O)N1CCCC1C(OC)C(C)C(=O)NCCCc1ccccc1C)N(C)[C@H](C)C(C(C)C)N(C)C(=O)C(C)(C)N. The Balaban J connectivity index is 2.07. The summed E-state index contributed by atoms with van der Waals surface area (Å²) < 4.78 is 5.95. The number of rotatable bonds is 19. The van der Waals surface area contributed by atoms with E-state index in [1.54, 1.807) is 21.0 Å². The van der Waals surface area contributed by atoms with Crippen molar-refractivity contribution in [2.75, 3.05) is 34.3 Å². The van der Waals surface area contributed by atoms with Gasteiger partial charge in [-0.3, -0.25) is 19.3 Å². The second-order valence-corrected chi connectivity index (χ2v) is 15.4. The third-order valence-electron chi connectivity index (χ3n) is 11.0. The Hall–Kier alpha value is -2.49. The number of hydrogen-bond acceptors (Lipinski definition) is 6. The van der Waals surface area contributed by atoms with Crippen LogP contribution in [0.5, 0.6) is 0 Å². The fraction of sp³-hybridized carbons (Fsp3) is 0.769. The van der Waals surface area contributed by atoms with Gasteiger partial charge in [-0.15, -0.1) is 0 Å². The summed E-state index contributed by atoms with van der Waals surface area (Å²) in [5.41, 5.74) is 7.85. The van der Waals surface area contributed by atoms with Gasteiger partial charge in [-0.1, -0.05) is 65.3 Å². The van der Waals surface area contributed by atoms with Crippen LogP contribution in [0.25, 0.3) is 0 Å². The second-order valence-electron chi connectivity index (χ2n) is 15.4. The Morgan fingerprint density at radius 1 is 1.10 bits per heavy atom.